The Morgan fingerprint density at radius 1 is 0.950 bits per heavy atom. The van der Waals surface area contributed by atoms with Crippen LogP contribution in [0.25, 0.3) is 0 Å². The molecule has 2 heterocycles. The Kier molecular flexibility index (Phi) is 6.45. The SMILES string of the molecule is N=BOC(=O)C1C(C(=O)Nc2ccc3c(c2)OCO3)C(c2ccc(Cl)c(Cl)c2)OC12C(=O)c1ccccc1C2=O. The van der Waals surface area contributed by atoms with Gasteiger partial charge in [0.2, 0.25) is 0 Å². The first-order valence-electron chi connectivity index (χ1n) is 12.0. The fourth-order valence-corrected chi connectivity index (χ4v) is 5.75. The summed E-state index contributed by atoms with van der Waals surface area (Å²) in [6, 6.07) is 15.2. The van der Waals surface area contributed by atoms with E-state index < -0.39 is 47.0 Å². The molecule has 13 heteroatoms. The van der Waals surface area contributed by atoms with Gasteiger partial charge in [-0.3, -0.25) is 0 Å². The molecule has 0 bridgehead atoms. The molecule has 1 fully saturated rings. The molecule has 10 nitrogen and oxygen atoms in total. The molecule has 2 aliphatic heterocycles. The molecule has 3 aliphatic rings. The summed E-state index contributed by atoms with van der Waals surface area (Å²) in [5.74, 6) is -5.83. The topological polar surface area (TPSA) is 141 Å². The van der Waals surface area contributed by atoms with Gasteiger partial charge in [-0.05, 0) is 0 Å². The Balaban J connectivity index is 1.50. The van der Waals surface area contributed by atoms with E-state index in [1.807, 2.05) is 0 Å². The Bertz CT molecular complexity index is 1590. The molecule has 0 aromatic heterocycles. The number of anilines is 1. The minimum absolute atomic E-state index is 0.0213. The zero-order chi connectivity index (χ0) is 28.2. The van der Waals surface area contributed by atoms with Gasteiger partial charge < -0.3 is 0 Å². The molecular weight excluding hydrogens is 562 g/mol. The third kappa shape index (κ3) is 3.92. The van der Waals surface area contributed by atoms with Crippen LogP contribution in [0.2, 0.25) is 10.0 Å². The van der Waals surface area contributed by atoms with Crippen molar-refractivity contribution >= 4 is 59.6 Å². The van der Waals surface area contributed by atoms with Crippen LogP contribution in [0.15, 0.2) is 60.7 Å². The first kappa shape index (κ1) is 26.2. The summed E-state index contributed by atoms with van der Waals surface area (Å²) >= 11 is 12.4. The van der Waals surface area contributed by atoms with Crippen LogP contribution >= 0.6 is 23.2 Å². The Labute approximate surface area is 237 Å². The number of nitrogens with one attached hydrogen (secondary N) is 2. The summed E-state index contributed by atoms with van der Waals surface area (Å²) in [5, 5.41) is 10.4. The van der Waals surface area contributed by atoms with Crippen LogP contribution in [-0.4, -0.2) is 43.1 Å². The van der Waals surface area contributed by atoms with E-state index in [0.29, 0.717) is 30.0 Å². The number of carbonyl (C=O) groups excluding carboxylic acids is 4. The predicted molar refractivity (Wildman–Crippen MR) is 141 cm³/mol. The minimum atomic E-state index is -2.42. The molecule has 40 heavy (non-hydrogen) atoms. The van der Waals surface area contributed by atoms with Crippen LogP contribution in [0.5, 0.6) is 11.5 Å². The van der Waals surface area contributed by atoms with E-state index in [2.05, 4.69) is 5.32 Å². The van der Waals surface area contributed by atoms with E-state index >= 15 is 0 Å². The van der Waals surface area contributed by atoms with Gasteiger partial charge in [0.15, 0.2) is 0 Å². The second kappa shape index (κ2) is 9.85. The molecular formula is C27H17BCl2N2O8. The van der Waals surface area contributed by atoms with E-state index in [1.165, 1.54) is 36.4 Å². The molecule has 200 valence electrons. The van der Waals surface area contributed by atoms with Gasteiger partial charge in [-0.1, -0.05) is 0 Å². The predicted octanol–water partition coefficient (Wildman–Crippen LogP) is 4.41. The molecule has 3 aromatic rings. The number of amides is 1. The Hall–Kier alpha value is -4.06. The number of Topliss-reactive ketones (excluding diaryl/α,β-unsaturated/α-hetero) is 2. The molecule has 1 saturated heterocycles. The summed E-state index contributed by atoms with van der Waals surface area (Å²) in [6.07, 6.45) is -1.31. The number of hydrogen-bond donors (Lipinski definition) is 2. The molecule has 1 aliphatic carbocycles. The van der Waals surface area contributed by atoms with Crippen molar-refractivity contribution in [2.75, 3.05) is 12.1 Å². The first-order chi connectivity index (χ1) is 19.3. The van der Waals surface area contributed by atoms with E-state index in [9.17, 15) is 19.2 Å². The molecule has 3 unspecified atom stereocenters. The molecule has 0 radical (unpaired) electrons. The second-order valence-corrected chi connectivity index (χ2v) is 10.1. The molecule has 1 amide bonds. The molecule has 1 spiro atoms. The van der Waals surface area contributed by atoms with Crippen LogP contribution in [-0.2, 0) is 19.0 Å². The van der Waals surface area contributed by atoms with Gasteiger partial charge in [0.25, 0.3) is 0 Å². The third-order valence-electron chi connectivity index (χ3n) is 7.17. The van der Waals surface area contributed by atoms with Crippen molar-refractivity contribution in [1.82, 2.24) is 0 Å². The van der Waals surface area contributed by atoms with E-state index in [1.54, 1.807) is 24.3 Å². The van der Waals surface area contributed by atoms with Crippen molar-refractivity contribution in [3.8, 4) is 11.5 Å². The number of fused-ring (bicyclic) bond motifs is 2. The average Bonchev–Trinajstić information content (AvgIpc) is 3.62. The first-order valence-corrected chi connectivity index (χ1v) is 12.7. The number of benzene rings is 3. The van der Waals surface area contributed by atoms with Gasteiger partial charge >= 0.3 is 238 Å². The van der Waals surface area contributed by atoms with Gasteiger partial charge in [0.1, 0.15) is 0 Å². The fraction of sp³-hybridized carbons (Fsp3) is 0.185. The summed E-state index contributed by atoms with van der Waals surface area (Å²) in [7, 11) is 0.367. The maximum atomic E-state index is 14.0. The van der Waals surface area contributed by atoms with Crippen molar-refractivity contribution in [2.24, 2.45) is 11.8 Å². The number of ketones is 2. The second-order valence-electron chi connectivity index (χ2n) is 9.27. The van der Waals surface area contributed by atoms with Gasteiger partial charge in [0.05, 0.1) is 0 Å². The number of carbonyl (C=O) groups is 4. The monoisotopic (exact) mass is 578 g/mol. The van der Waals surface area contributed by atoms with Crippen LogP contribution in [0.3, 0.4) is 0 Å². The molecule has 3 atom stereocenters. The standard InChI is InChI=1S/C27H17BCl2N2O8/c29-16-7-5-12(9-17(16)30)22-20(25(35)32-13-6-8-18-19(10-13)38-11-37-18)21(26(36)40-28-31)27(39-22)23(33)14-3-1-2-4-15(14)24(27)34/h1-10,20-22,31H,11H2,(H,32,35). The molecule has 0 saturated carbocycles. The van der Waals surface area contributed by atoms with E-state index in [4.69, 9.17) is 47.4 Å². The van der Waals surface area contributed by atoms with Crippen LogP contribution < -0.4 is 14.8 Å². The summed E-state index contributed by atoms with van der Waals surface area (Å²) in [4.78, 5) is 55.2. The number of halogens is 2. The molecule has 3 aromatic carbocycles. The average molecular weight is 579 g/mol. The van der Waals surface area contributed by atoms with Gasteiger partial charge in [-0.2, -0.15) is 0 Å². The number of hydrogen-bond acceptors (Lipinski definition) is 9. The number of rotatable bonds is 5. The van der Waals surface area contributed by atoms with Crippen molar-refractivity contribution in [2.45, 2.75) is 11.7 Å². The maximum absolute atomic E-state index is 14.0. The Morgan fingerprint density at radius 3 is 2.33 bits per heavy atom. The van der Waals surface area contributed by atoms with Crippen LogP contribution in [0.4, 0.5) is 5.69 Å². The quantitative estimate of drug-likeness (QED) is 0.335. The number of ether oxygens (including phenoxy) is 3. The molecule has 6 rings (SSSR count). The van der Waals surface area contributed by atoms with Crippen LogP contribution in [0.1, 0.15) is 32.4 Å². The summed E-state index contributed by atoms with van der Waals surface area (Å²) < 4.78 is 21.8. The van der Waals surface area contributed by atoms with Gasteiger partial charge in [-0.15, -0.1) is 0 Å². The van der Waals surface area contributed by atoms with Crippen molar-refractivity contribution in [3.63, 3.8) is 0 Å². The normalized spacial score (nSPS) is 21.7. The van der Waals surface area contributed by atoms with Gasteiger partial charge in [-0.25, -0.2) is 0 Å². The van der Waals surface area contributed by atoms with Crippen LogP contribution in [0, 0.1) is 17.1 Å². The zero-order valence-corrected chi connectivity index (χ0v) is 21.8. The van der Waals surface area contributed by atoms with E-state index in [0.717, 1.165) is 0 Å². The summed E-state index contributed by atoms with van der Waals surface area (Å²) in [6.45, 7) is 0.0213. The fourth-order valence-electron chi connectivity index (χ4n) is 5.44. The molecule has 2 N–H and O–H groups in total. The van der Waals surface area contributed by atoms with Crippen molar-refractivity contribution < 1.29 is 38.0 Å². The van der Waals surface area contributed by atoms with Crippen molar-refractivity contribution in [1.29, 1.82) is 5.31 Å². The van der Waals surface area contributed by atoms with E-state index in [-0.39, 0.29) is 28.0 Å². The third-order valence-corrected chi connectivity index (χ3v) is 7.91. The Morgan fingerprint density at radius 2 is 1.65 bits per heavy atom. The summed E-state index contributed by atoms with van der Waals surface area (Å²) in [5.41, 5.74) is -1.73. The zero-order valence-electron chi connectivity index (χ0n) is 20.3. The van der Waals surface area contributed by atoms with Crippen molar-refractivity contribution in [3.05, 3.63) is 87.4 Å². The van der Waals surface area contributed by atoms with Gasteiger partial charge in [0, 0.05) is 0 Å².